The number of para-hydroxylation sites is 1. The summed E-state index contributed by atoms with van der Waals surface area (Å²) >= 11 is 0. The quantitative estimate of drug-likeness (QED) is 0.832. The topological polar surface area (TPSA) is 39.2 Å². The highest BCUT2D eigenvalue weighted by Crippen LogP contribution is 2.20. The van der Waals surface area contributed by atoms with Crippen molar-refractivity contribution in [1.29, 1.82) is 0 Å². The van der Waals surface area contributed by atoms with Crippen molar-refractivity contribution in [2.45, 2.75) is 38.6 Å². The second kappa shape index (κ2) is 5.17. The number of hydrogen-bond donors (Lipinski definition) is 1. The Labute approximate surface area is 96.4 Å². The molecular formula is C14H19NO. The average molecular weight is 217 g/mol. The molecular weight excluding hydrogens is 198 g/mol. The van der Waals surface area contributed by atoms with Crippen LogP contribution in [-0.2, 0) is 6.42 Å². The Kier molecular flexibility index (Phi) is 3.62. The molecule has 0 saturated carbocycles. The second-order valence-corrected chi connectivity index (χ2v) is 4.34. The number of benzene rings is 1. The first-order chi connectivity index (χ1) is 7.79. The van der Waals surface area contributed by atoms with E-state index in [1.54, 1.807) is 0 Å². The second-order valence-electron chi connectivity index (χ2n) is 4.34. The van der Waals surface area contributed by atoms with E-state index in [9.17, 15) is 0 Å². The van der Waals surface area contributed by atoms with Crippen molar-refractivity contribution in [3.05, 3.63) is 36.1 Å². The maximum atomic E-state index is 5.98. The van der Waals surface area contributed by atoms with Gasteiger partial charge in [-0.3, -0.25) is 0 Å². The van der Waals surface area contributed by atoms with E-state index in [1.165, 1.54) is 5.39 Å². The van der Waals surface area contributed by atoms with Crippen LogP contribution in [0.25, 0.3) is 11.0 Å². The zero-order chi connectivity index (χ0) is 11.4. The Morgan fingerprint density at radius 1 is 1.25 bits per heavy atom. The van der Waals surface area contributed by atoms with Crippen molar-refractivity contribution in [2.24, 2.45) is 5.73 Å². The van der Waals surface area contributed by atoms with Crippen molar-refractivity contribution >= 4 is 11.0 Å². The first-order valence-corrected chi connectivity index (χ1v) is 6.02. The molecule has 2 N–H and O–H groups in total. The molecule has 0 aliphatic heterocycles. The molecule has 1 aromatic heterocycles. The third kappa shape index (κ3) is 2.64. The van der Waals surface area contributed by atoms with Crippen LogP contribution in [0.15, 0.2) is 34.7 Å². The van der Waals surface area contributed by atoms with E-state index in [4.69, 9.17) is 10.2 Å². The highest BCUT2D eigenvalue weighted by atomic mass is 16.3. The van der Waals surface area contributed by atoms with Crippen molar-refractivity contribution in [1.82, 2.24) is 0 Å². The van der Waals surface area contributed by atoms with Gasteiger partial charge in [-0.15, -0.1) is 0 Å². The Balaban J connectivity index is 1.99. The molecule has 0 bridgehead atoms. The van der Waals surface area contributed by atoms with Gasteiger partial charge in [-0.05, 0) is 25.0 Å². The molecule has 2 aromatic rings. The zero-order valence-electron chi connectivity index (χ0n) is 9.78. The van der Waals surface area contributed by atoms with Gasteiger partial charge in [-0.25, -0.2) is 0 Å². The molecule has 2 heteroatoms. The molecule has 0 aliphatic rings. The Bertz CT molecular complexity index is 414. The summed E-state index contributed by atoms with van der Waals surface area (Å²) in [4.78, 5) is 0. The third-order valence-electron chi connectivity index (χ3n) is 2.90. The van der Waals surface area contributed by atoms with Gasteiger partial charge in [0.15, 0.2) is 0 Å². The molecule has 0 fully saturated rings. The van der Waals surface area contributed by atoms with Gasteiger partial charge in [0.1, 0.15) is 11.3 Å². The molecule has 16 heavy (non-hydrogen) atoms. The van der Waals surface area contributed by atoms with Crippen LogP contribution in [0, 0.1) is 0 Å². The molecule has 0 spiro atoms. The predicted octanol–water partition coefficient (Wildman–Crippen LogP) is 3.49. The molecule has 0 aliphatic carbocycles. The van der Waals surface area contributed by atoms with E-state index in [-0.39, 0.29) is 0 Å². The first-order valence-electron chi connectivity index (χ1n) is 6.02. The van der Waals surface area contributed by atoms with Gasteiger partial charge in [0.25, 0.3) is 0 Å². The van der Waals surface area contributed by atoms with E-state index in [0.717, 1.165) is 37.0 Å². The maximum Gasteiger partial charge on any atom is 0.134 e. The standard InChI is InChI=1S/C14H19NO/c1-2-5-12(15)8-9-13-10-11-6-3-4-7-14(11)16-13/h3-4,6-7,10,12H,2,5,8-9,15H2,1H3. The minimum Gasteiger partial charge on any atom is -0.461 e. The van der Waals surface area contributed by atoms with E-state index in [0.29, 0.717) is 6.04 Å². The normalized spacial score (nSPS) is 13.1. The fourth-order valence-corrected chi connectivity index (χ4v) is 2.00. The molecule has 2 rings (SSSR count). The predicted molar refractivity (Wildman–Crippen MR) is 67.4 cm³/mol. The third-order valence-corrected chi connectivity index (χ3v) is 2.90. The lowest BCUT2D eigenvalue weighted by molar-refractivity contribution is 0.497. The van der Waals surface area contributed by atoms with Crippen molar-refractivity contribution in [3.8, 4) is 0 Å². The average Bonchev–Trinajstić information content (AvgIpc) is 2.69. The van der Waals surface area contributed by atoms with Crippen molar-refractivity contribution in [2.75, 3.05) is 0 Å². The van der Waals surface area contributed by atoms with Crippen LogP contribution in [0.3, 0.4) is 0 Å². The summed E-state index contributed by atoms with van der Waals surface area (Å²) in [6, 6.07) is 10.5. The lowest BCUT2D eigenvalue weighted by Crippen LogP contribution is -2.19. The van der Waals surface area contributed by atoms with Crippen LogP contribution in [0.2, 0.25) is 0 Å². The molecule has 0 amide bonds. The van der Waals surface area contributed by atoms with E-state index < -0.39 is 0 Å². The number of nitrogens with two attached hydrogens (primary N) is 1. The smallest absolute Gasteiger partial charge is 0.134 e. The van der Waals surface area contributed by atoms with Gasteiger partial charge in [-0.2, -0.15) is 0 Å². The first kappa shape index (κ1) is 11.2. The summed E-state index contributed by atoms with van der Waals surface area (Å²) in [5, 5.41) is 1.18. The molecule has 0 saturated heterocycles. The van der Waals surface area contributed by atoms with Crippen LogP contribution in [-0.4, -0.2) is 6.04 Å². The summed E-state index contributed by atoms with van der Waals surface area (Å²) in [6.07, 6.45) is 4.20. The van der Waals surface area contributed by atoms with Gasteiger partial charge in [-0.1, -0.05) is 31.5 Å². The lowest BCUT2D eigenvalue weighted by Gasteiger charge is -2.07. The summed E-state index contributed by atoms with van der Waals surface area (Å²) in [5.41, 5.74) is 6.96. The molecule has 1 heterocycles. The fraction of sp³-hybridized carbons (Fsp3) is 0.429. The summed E-state index contributed by atoms with van der Waals surface area (Å²) in [6.45, 7) is 2.17. The minimum absolute atomic E-state index is 0.304. The van der Waals surface area contributed by atoms with Gasteiger partial charge < -0.3 is 10.2 Å². The van der Waals surface area contributed by atoms with E-state index in [2.05, 4.69) is 19.1 Å². The fourth-order valence-electron chi connectivity index (χ4n) is 2.00. The van der Waals surface area contributed by atoms with Gasteiger partial charge in [0.2, 0.25) is 0 Å². The van der Waals surface area contributed by atoms with Gasteiger partial charge >= 0.3 is 0 Å². The van der Waals surface area contributed by atoms with Crippen LogP contribution in [0.4, 0.5) is 0 Å². The Hall–Kier alpha value is -1.28. The van der Waals surface area contributed by atoms with Crippen molar-refractivity contribution in [3.63, 3.8) is 0 Å². The lowest BCUT2D eigenvalue weighted by atomic mass is 10.1. The van der Waals surface area contributed by atoms with Crippen molar-refractivity contribution < 1.29 is 4.42 Å². The number of aryl methyl sites for hydroxylation is 1. The van der Waals surface area contributed by atoms with Crippen LogP contribution in [0.5, 0.6) is 0 Å². The zero-order valence-corrected chi connectivity index (χ0v) is 9.78. The molecule has 2 nitrogen and oxygen atoms in total. The van der Waals surface area contributed by atoms with E-state index in [1.807, 2.05) is 18.2 Å². The highest BCUT2D eigenvalue weighted by molar-refractivity contribution is 5.77. The number of rotatable bonds is 5. The molecule has 1 unspecified atom stereocenters. The van der Waals surface area contributed by atoms with Crippen LogP contribution < -0.4 is 5.73 Å². The van der Waals surface area contributed by atoms with Crippen LogP contribution in [0.1, 0.15) is 31.9 Å². The largest absolute Gasteiger partial charge is 0.461 e. The minimum atomic E-state index is 0.304. The summed E-state index contributed by atoms with van der Waals surface area (Å²) in [7, 11) is 0. The van der Waals surface area contributed by atoms with Gasteiger partial charge in [0, 0.05) is 17.8 Å². The highest BCUT2D eigenvalue weighted by Gasteiger charge is 2.06. The molecule has 0 radical (unpaired) electrons. The molecule has 86 valence electrons. The Morgan fingerprint density at radius 2 is 2.06 bits per heavy atom. The van der Waals surface area contributed by atoms with Crippen LogP contribution >= 0.6 is 0 Å². The number of furan rings is 1. The summed E-state index contributed by atoms with van der Waals surface area (Å²) < 4.78 is 5.74. The molecule has 1 atom stereocenters. The van der Waals surface area contributed by atoms with E-state index >= 15 is 0 Å². The summed E-state index contributed by atoms with van der Waals surface area (Å²) in [5.74, 6) is 1.05. The SMILES string of the molecule is CCCC(N)CCc1cc2ccccc2o1. The number of fused-ring (bicyclic) bond motifs is 1. The monoisotopic (exact) mass is 217 g/mol. The maximum absolute atomic E-state index is 5.98. The van der Waals surface area contributed by atoms with Gasteiger partial charge in [0.05, 0.1) is 0 Å². The Morgan fingerprint density at radius 3 is 2.81 bits per heavy atom. The number of hydrogen-bond acceptors (Lipinski definition) is 2. The molecule has 1 aromatic carbocycles.